The summed E-state index contributed by atoms with van der Waals surface area (Å²) in [5.74, 6) is 0.851. The first-order valence-electron chi connectivity index (χ1n) is 7.24. The number of hydrogen-bond donors (Lipinski definition) is 1. The Bertz CT molecular complexity index is 613. The van der Waals surface area contributed by atoms with Gasteiger partial charge in [0.2, 0.25) is 0 Å². The minimum Gasteiger partial charge on any atom is -0.492 e. The summed E-state index contributed by atoms with van der Waals surface area (Å²) >= 11 is 5.86. The van der Waals surface area contributed by atoms with Crippen LogP contribution in [0.2, 0.25) is 5.02 Å². The number of anilines is 2. The summed E-state index contributed by atoms with van der Waals surface area (Å²) in [6.07, 6.45) is 2.31. The lowest BCUT2D eigenvalue weighted by atomic mass is 10.0. The number of fused-ring (bicyclic) bond motifs is 1. The van der Waals surface area contributed by atoms with Gasteiger partial charge in [-0.15, -0.1) is 0 Å². The van der Waals surface area contributed by atoms with E-state index in [2.05, 4.69) is 17.0 Å². The van der Waals surface area contributed by atoms with E-state index in [1.807, 2.05) is 30.3 Å². The second-order valence-electron chi connectivity index (χ2n) is 5.28. The monoisotopic (exact) mass is 302 g/mol. The molecule has 0 amide bonds. The number of benzene rings is 2. The first-order valence-corrected chi connectivity index (χ1v) is 7.62. The second kappa shape index (κ2) is 6.27. The molecule has 0 fully saturated rings. The molecule has 4 heteroatoms. The van der Waals surface area contributed by atoms with Crippen molar-refractivity contribution in [3.8, 4) is 5.75 Å². The Morgan fingerprint density at radius 3 is 2.76 bits per heavy atom. The van der Waals surface area contributed by atoms with Crippen LogP contribution >= 0.6 is 11.6 Å². The van der Waals surface area contributed by atoms with E-state index < -0.39 is 0 Å². The summed E-state index contributed by atoms with van der Waals surface area (Å²) in [6, 6.07) is 13.6. The lowest BCUT2D eigenvalue weighted by Gasteiger charge is -2.31. The Balaban J connectivity index is 1.61. The van der Waals surface area contributed by atoms with Crippen LogP contribution in [0.3, 0.4) is 0 Å². The van der Waals surface area contributed by atoms with Gasteiger partial charge in [-0.2, -0.15) is 0 Å². The van der Waals surface area contributed by atoms with E-state index in [4.69, 9.17) is 22.1 Å². The van der Waals surface area contributed by atoms with Crippen molar-refractivity contribution < 1.29 is 4.74 Å². The normalized spacial score (nSPS) is 13.9. The third kappa shape index (κ3) is 3.42. The smallest absolute Gasteiger partial charge is 0.119 e. The third-order valence-electron chi connectivity index (χ3n) is 3.77. The molecule has 1 aliphatic heterocycles. The van der Waals surface area contributed by atoms with E-state index in [1.54, 1.807) is 0 Å². The van der Waals surface area contributed by atoms with Crippen LogP contribution in [0.5, 0.6) is 5.75 Å². The largest absolute Gasteiger partial charge is 0.492 e. The number of aryl methyl sites for hydroxylation is 1. The van der Waals surface area contributed by atoms with Crippen molar-refractivity contribution in [3.63, 3.8) is 0 Å². The maximum absolute atomic E-state index is 5.91. The van der Waals surface area contributed by atoms with Crippen molar-refractivity contribution in [3.05, 3.63) is 53.1 Å². The van der Waals surface area contributed by atoms with Crippen molar-refractivity contribution in [1.29, 1.82) is 0 Å². The fourth-order valence-electron chi connectivity index (χ4n) is 2.70. The van der Waals surface area contributed by atoms with Gasteiger partial charge in [-0.05, 0) is 54.8 Å². The van der Waals surface area contributed by atoms with Crippen molar-refractivity contribution in [2.24, 2.45) is 0 Å². The molecule has 3 nitrogen and oxygen atoms in total. The van der Waals surface area contributed by atoms with Crippen molar-refractivity contribution in [2.75, 3.05) is 30.3 Å². The number of ether oxygens (including phenoxy) is 1. The van der Waals surface area contributed by atoms with Crippen LogP contribution in [0.15, 0.2) is 42.5 Å². The fourth-order valence-corrected chi connectivity index (χ4v) is 2.83. The van der Waals surface area contributed by atoms with Crippen LogP contribution in [-0.2, 0) is 6.42 Å². The summed E-state index contributed by atoms with van der Waals surface area (Å²) in [5, 5.41) is 0.725. The van der Waals surface area contributed by atoms with E-state index in [0.29, 0.717) is 6.61 Å². The molecule has 3 rings (SSSR count). The highest BCUT2D eigenvalue weighted by atomic mass is 35.5. The van der Waals surface area contributed by atoms with Gasteiger partial charge < -0.3 is 15.4 Å². The zero-order valence-electron chi connectivity index (χ0n) is 11.9. The minimum absolute atomic E-state index is 0.649. The zero-order chi connectivity index (χ0) is 14.7. The van der Waals surface area contributed by atoms with Crippen LogP contribution in [0.25, 0.3) is 0 Å². The molecular formula is C17H19ClN2O. The number of nitrogens with zero attached hydrogens (tertiary/aromatic N) is 1. The summed E-state index contributed by atoms with van der Waals surface area (Å²) < 4.78 is 5.78. The molecule has 1 aliphatic rings. The van der Waals surface area contributed by atoms with Gasteiger partial charge in [-0.3, -0.25) is 0 Å². The zero-order valence-corrected chi connectivity index (χ0v) is 12.6. The molecule has 2 aromatic carbocycles. The molecule has 0 saturated heterocycles. The van der Waals surface area contributed by atoms with Gasteiger partial charge in [0.15, 0.2) is 0 Å². The molecule has 0 spiro atoms. The molecule has 0 atom stereocenters. The van der Waals surface area contributed by atoms with Crippen LogP contribution in [-0.4, -0.2) is 19.7 Å². The van der Waals surface area contributed by atoms with Gasteiger partial charge in [-0.1, -0.05) is 17.7 Å². The Kier molecular flexibility index (Phi) is 4.20. The van der Waals surface area contributed by atoms with Gasteiger partial charge in [0.05, 0.1) is 6.54 Å². The van der Waals surface area contributed by atoms with Crippen LogP contribution in [0.4, 0.5) is 11.4 Å². The Hall–Kier alpha value is -1.87. The number of rotatable bonds is 4. The lowest BCUT2D eigenvalue weighted by Crippen LogP contribution is -2.33. The Morgan fingerprint density at radius 1 is 1.14 bits per heavy atom. The highest BCUT2D eigenvalue weighted by molar-refractivity contribution is 6.30. The number of nitrogen functional groups attached to an aromatic ring is 1. The van der Waals surface area contributed by atoms with E-state index in [1.165, 1.54) is 17.7 Å². The number of hydrogen-bond acceptors (Lipinski definition) is 3. The molecule has 0 bridgehead atoms. The molecule has 0 unspecified atom stereocenters. The van der Waals surface area contributed by atoms with Gasteiger partial charge in [0.1, 0.15) is 12.4 Å². The molecule has 2 aromatic rings. The summed E-state index contributed by atoms with van der Waals surface area (Å²) in [5.41, 5.74) is 9.35. The topological polar surface area (TPSA) is 38.5 Å². The van der Waals surface area contributed by atoms with Crippen LogP contribution < -0.4 is 15.4 Å². The quantitative estimate of drug-likeness (QED) is 0.874. The van der Waals surface area contributed by atoms with Gasteiger partial charge in [0, 0.05) is 22.9 Å². The third-order valence-corrected chi connectivity index (χ3v) is 4.02. The molecule has 2 N–H and O–H groups in total. The van der Waals surface area contributed by atoms with E-state index >= 15 is 0 Å². The SMILES string of the molecule is Nc1ccc2c(c1)N(CCOc1ccc(Cl)cc1)CCC2. The van der Waals surface area contributed by atoms with Crippen molar-refractivity contribution in [2.45, 2.75) is 12.8 Å². The van der Waals surface area contributed by atoms with E-state index in [9.17, 15) is 0 Å². The predicted octanol–water partition coefficient (Wildman–Crippen LogP) is 3.75. The van der Waals surface area contributed by atoms with Crippen molar-refractivity contribution >= 4 is 23.0 Å². The Morgan fingerprint density at radius 2 is 1.95 bits per heavy atom. The maximum atomic E-state index is 5.91. The maximum Gasteiger partial charge on any atom is 0.119 e. The average molecular weight is 303 g/mol. The number of halogens is 1. The molecular weight excluding hydrogens is 284 g/mol. The molecule has 110 valence electrons. The molecule has 21 heavy (non-hydrogen) atoms. The van der Waals surface area contributed by atoms with Gasteiger partial charge in [0.25, 0.3) is 0 Å². The summed E-state index contributed by atoms with van der Waals surface area (Å²) in [6.45, 7) is 2.56. The lowest BCUT2D eigenvalue weighted by molar-refractivity contribution is 0.322. The molecule has 1 heterocycles. The number of nitrogens with two attached hydrogens (primary N) is 1. The second-order valence-corrected chi connectivity index (χ2v) is 5.72. The average Bonchev–Trinajstić information content (AvgIpc) is 2.50. The van der Waals surface area contributed by atoms with Gasteiger partial charge in [-0.25, -0.2) is 0 Å². The van der Waals surface area contributed by atoms with Crippen molar-refractivity contribution in [1.82, 2.24) is 0 Å². The predicted molar refractivity (Wildman–Crippen MR) is 88.3 cm³/mol. The first kappa shape index (κ1) is 14.1. The minimum atomic E-state index is 0.649. The molecule has 0 aliphatic carbocycles. The summed E-state index contributed by atoms with van der Waals surface area (Å²) in [4.78, 5) is 2.35. The van der Waals surface area contributed by atoms with E-state index in [-0.39, 0.29) is 0 Å². The molecule has 0 radical (unpaired) electrons. The van der Waals surface area contributed by atoms with Crippen LogP contribution in [0.1, 0.15) is 12.0 Å². The highest BCUT2D eigenvalue weighted by Gasteiger charge is 2.16. The fraction of sp³-hybridized carbons (Fsp3) is 0.294. The highest BCUT2D eigenvalue weighted by Crippen LogP contribution is 2.28. The van der Waals surface area contributed by atoms with E-state index in [0.717, 1.165) is 36.0 Å². The molecule has 0 saturated carbocycles. The molecule has 0 aromatic heterocycles. The summed E-state index contributed by atoms with van der Waals surface area (Å²) in [7, 11) is 0. The standard InChI is InChI=1S/C17H19ClN2O/c18-14-4-7-16(8-5-14)21-11-10-20-9-1-2-13-3-6-15(19)12-17(13)20/h3-8,12H,1-2,9-11,19H2. The van der Waals surface area contributed by atoms with Crippen LogP contribution in [0, 0.1) is 0 Å². The Labute approximate surface area is 130 Å². The first-order chi connectivity index (χ1) is 10.2. The van der Waals surface area contributed by atoms with Gasteiger partial charge >= 0.3 is 0 Å².